The maximum absolute atomic E-state index is 8.96. The van der Waals surface area contributed by atoms with Crippen molar-refractivity contribution in [2.75, 3.05) is 6.54 Å². The van der Waals surface area contributed by atoms with E-state index >= 15 is 0 Å². The summed E-state index contributed by atoms with van der Waals surface area (Å²) in [6.07, 6.45) is 3.61. The average molecular weight is 246 g/mol. The van der Waals surface area contributed by atoms with Crippen LogP contribution in [0.1, 0.15) is 24.0 Å². The standard InChI is InChI=1S/C14H18N2O2/c1-2-16(9-12-5-7-15-8-6-12)10-13-3-4-14(11-17)18-13/h3-8,17H,2,9-11H2,1H3. The Hall–Kier alpha value is -1.65. The fourth-order valence-corrected chi connectivity index (χ4v) is 1.84. The molecule has 0 amide bonds. The summed E-state index contributed by atoms with van der Waals surface area (Å²) >= 11 is 0. The van der Waals surface area contributed by atoms with E-state index in [1.54, 1.807) is 12.4 Å². The quantitative estimate of drug-likeness (QED) is 0.848. The summed E-state index contributed by atoms with van der Waals surface area (Å²) in [5.41, 5.74) is 1.24. The second-order valence-corrected chi connectivity index (χ2v) is 4.18. The molecule has 2 heterocycles. The first-order valence-corrected chi connectivity index (χ1v) is 6.11. The monoisotopic (exact) mass is 246 g/mol. The van der Waals surface area contributed by atoms with Gasteiger partial charge in [-0.3, -0.25) is 9.88 Å². The highest BCUT2D eigenvalue weighted by molar-refractivity contribution is 5.10. The van der Waals surface area contributed by atoms with E-state index in [2.05, 4.69) is 16.8 Å². The minimum atomic E-state index is -0.0452. The van der Waals surface area contributed by atoms with Crippen molar-refractivity contribution in [1.29, 1.82) is 0 Å². The summed E-state index contributed by atoms with van der Waals surface area (Å²) in [4.78, 5) is 6.29. The number of hydrogen-bond donors (Lipinski definition) is 1. The van der Waals surface area contributed by atoms with Crippen LogP contribution in [-0.4, -0.2) is 21.5 Å². The van der Waals surface area contributed by atoms with Crippen molar-refractivity contribution in [1.82, 2.24) is 9.88 Å². The van der Waals surface area contributed by atoms with Gasteiger partial charge in [0.2, 0.25) is 0 Å². The van der Waals surface area contributed by atoms with Crippen LogP contribution in [0.3, 0.4) is 0 Å². The molecule has 0 radical (unpaired) electrons. The van der Waals surface area contributed by atoms with Crippen molar-refractivity contribution >= 4 is 0 Å². The van der Waals surface area contributed by atoms with Gasteiger partial charge in [-0.15, -0.1) is 0 Å². The van der Waals surface area contributed by atoms with Crippen LogP contribution in [0.4, 0.5) is 0 Å². The number of hydrogen-bond acceptors (Lipinski definition) is 4. The molecule has 0 unspecified atom stereocenters. The zero-order chi connectivity index (χ0) is 12.8. The van der Waals surface area contributed by atoms with Gasteiger partial charge in [0, 0.05) is 18.9 Å². The van der Waals surface area contributed by atoms with Crippen LogP contribution >= 0.6 is 0 Å². The molecule has 2 aromatic rings. The third-order valence-corrected chi connectivity index (χ3v) is 2.86. The van der Waals surface area contributed by atoms with E-state index in [-0.39, 0.29) is 6.61 Å². The minimum Gasteiger partial charge on any atom is -0.462 e. The van der Waals surface area contributed by atoms with E-state index in [0.29, 0.717) is 5.76 Å². The molecule has 0 spiro atoms. The molecule has 18 heavy (non-hydrogen) atoms. The molecular formula is C14H18N2O2. The molecule has 4 nitrogen and oxygen atoms in total. The Labute approximate surface area is 107 Å². The lowest BCUT2D eigenvalue weighted by Crippen LogP contribution is -2.22. The summed E-state index contributed by atoms with van der Waals surface area (Å²) in [7, 11) is 0. The van der Waals surface area contributed by atoms with E-state index in [1.165, 1.54) is 5.56 Å². The molecule has 0 aliphatic heterocycles. The van der Waals surface area contributed by atoms with Crippen LogP contribution < -0.4 is 0 Å². The molecule has 2 rings (SSSR count). The predicted octanol–water partition coefficient (Wildman–Crippen LogP) is 2.19. The number of aliphatic hydroxyl groups excluding tert-OH is 1. The molecule has 0 bridgehead atoms. The molecule has 0 saturated heterocycles. The molecule has 0 aliphatic rings. The molecule has 0 aromatic carbocycles. The first-order valence-electron chi connectivity index (χ1n) is 6.11. The van der Waals surface area contributed by atoms with E-state index in [4.69, 9.17) is 9.52 Å². The van der Waals surface area contributed by atoms with Crippen molar-refractivity contribution in [2.24, 2.45) is 0 Å². The molecular weight excluding hydrogens is 228 g/mol. The van der Waals surface area contributed by atoms with E-state index in [0.717, 1.165) is 25.4 Å². The summed E-state index contributed by atoms with van der Waals surface area (Å²) in [5.74, 6) is 1.50. The second-order valence-electron chi connectivity index (χ2n) is 4.18. The number of pyridine rings is 1. The van der Waals surface area contributed by atoms with Crippen molar-refractivity contribution in [3.8, 4) is 0 Å². The Balaban J connectivity index is 1.97. The minimum absolute atomic E-state index is 0.0452. The normalized spacial score (nSPS) is 11.1. The summed E-state index contributed by atoms with van der Waals surface area (Å²) in [6, 6.07) is 7.77. The topological polar surface area (TPSA) is 49.5 Å². The van der Waals surface area contributed by atoms with Gasteiger partial charge in [-0.1, -0.05) is 6.92 Å². The lowest BCUT2D eigenvalue weighted by molar-refractivity contribution is 0.220. The Morgan fingerprint density at radius 2 is 1.83 bits per heavy atom. The van der Waals surface area contributed by atoms with Crippen molar-refractivity contribution in [2.45, 2.75) is 26.6 Å². The summed E-state index contributed by atoms with van der Waals surface area (Å²) in [6.45, 7) is 4.64. The number of rotatable bonds is 6. The van der Waals surface area contributed by atoms with Gasteiger partial charge in [0.1, 0.15) is 18.1 Å². The van der Waals surface area contributed by atoms with E-state index in [1.807, 2.05) is 24.3 Å². The van der Waals surface area contributed by atoms with Crippen molar-refractivity contribution < 1.29 is 9.52 Å². The van der Waals surface area contributed by atoms with Crippen molar-refractivity contribution in [3.05, 3.63) is 53.7 Å². The first kappa shape index (κ1) is 12.8. The SMILES string of the molecule is CCN(Cc1ccncc1)Cc1ccc(CO)o1. The number of nitrogens with zero attached hydrogens (tertiary/aromatic N) is 2. The highest BCUT2D eigenvalue weighted by Gasteiger charge is 2.08. The smallest absolute Gasteiger partial charge is 0.129 e. The highest BCUT2D eigenvalue weighted by Crippen LogP contribution is 2.12. The van der Waals surface area contributed by atoms with Crippen LogP contribution in [0, 0.1) is 0 Å². The maximum Gasteiger partial charge on any atom is 0.129 e. The van der Waals surface area contributed by atoms with Gasteiger partial charge in [0.25, 0.3) is 0 Å². The number of aliphatic hydroxyl groups is 1. The molecule has 0 aliphatic carbocycles. The second kappa shape index (κ2) is 6.33. The first-order chi connectivity index (χ1) is 8.81. The largest absolute Gasteiger partial charge is 0.462 e. The van der Waals surface area contributed by atoms with Gasteiger partial charge in [-0.25, -0.2) is 0 Å². The molecule has 96 valence electrons. The van der Waals surface area contributed by atoms with Gasteiger partial charge in [0.15, 0.2) is 0 Å². The molecule has 0 fully saturated rings. The zero-order valence-corrected chi connectivity index (χ0v) is 10.5. The Kier molecular flexibility index (Phi) is 4.50. The molecule has 0 saturated carbocycles. The third kappa shape index (κ3) is 3.42. The molecule has 1 N–H and O–H groups in total. The third-order valence-electron chi connectivity index (χ3n) is 2.86. The van der Waals surface area contributed by atoms with Crippen LogP contribution in [0.5, 0.6) is 0 Å². The summed E-state index contributed by atoms with van der Waals surface area (Å²) in [5, 5.41) is 8.96. The predicted molar refractivity (Wildman–Crippen MR) is 68.7 cm³/mol. The lowest BCUT2D eigenvalue weighted by atomic mass is 10.2. The lowest BCUT2D eigenvalue weighted by Gasteiger charge is -2.18. The van der Waals surface area contributed by atoms with Gasteiger partial charge < -0.3 is 9.52 Å². The summed E-state index contributed by atoms with van der Waals surface area (Å²) < 4.78 is 5.50. The molecule has 4 heteroatoms. The zero-order valence-electron chi connectivity index (χ0n) is 10.5. The molecule has 0 atom stereocenters. The van der Waals surface area contributed by atoms with Crippen LogP contribution in [0.2, 0.25) is 0 Å². The van der Waals surface area contributed by atoms with Crippen molar-refractivity contribution in [3.63, 3.8) is 0 Å². The van der Waals surface area contributed by atoms with Gasteiger partial charge in [-0.05, 0) is 36.4 Å². The fraction of sp³-hybridized carbons (Fsp3) is 0.357. The Morgan fingerprint density at radius 1 is 1.11 bits per heavy atom. The van der Waals surface area contributed by atoms with Crippen LogP contribution in [0.25, 0.3) is 0 Å². The van der Waals surface area contributed by atoms with E-state index < -0.39 is 0 Å². The fourth-order valence-electron chi connectivity index (χ4n) is 1.84. The Morgan fingerprint density at radius 3 is 2.44 bits per heavy atom. The number of aromatic nitrogens is 1. The van der Waals surface area contributed by atoms with Gasteiger partial charge in [-0.2, -0.15) is 0 Å². The number of furan rings is 1. The van der Waals surface area contributed by atoms with Gasteiger partial charge in [0.05, 0.1) is 6.54 Å². The maximum atomic E-state index is 8.96. The van der Waals surface area contributed by atoms with Crippen LogP contribution in [0.15, 0.2) is 41.1 Å². The highest BCUT2D eigenvalue weighted by atomic mass is 16.4. The van der Waals surface area contributed by atoms with Crippen LogP contribution in [-0.2, 0) is 19.7 Å². The molecule has 2 aromatic heterocycles. The van der Waals surface area contributed by atoms with E-state index in [9.17, 15) is 0 Å². The average Bonchev–Trinajstić information content (AvgIpc) is 2.87. The Bertz CT molecular complexity index is 468. The van der Waals surface area contributed by atoms with Gasteiger partial charge >= 0.3 is 0 Å².